The Morgan fingerprint density at radius 2 is 1.69 bits per heavy atom. The van der Waals surface area contributed by atoms with Gasteiger partial charge in [0, 0.05) is 24.2 Å². The first-order chi connectivity index (χ1) is 16.8. The summed E-state index contributed by atoms with van der Waals surface area (Å²) in [6.07, 6.45) is 8.28. The van der Waals surface area contributed by atoms with Crippen molar-refractivity contribution < 1.29 is 15.0 Å². The molecule has 2 fully saturated rings. The van der Waals surface area contributed by atoms with E-state index in [0.717, 1.165) is 70.0 Å². The van der Waals surface area contributed by atoms with Crippen LogP contribution in [0.3, 0.4) is 0 Å². The van der Waals surface area contributed by atoms with Gasteiger partial charge in [-0.15, -0.1) is 10.2 Å². The Bertz CT molecular complexity index is 1020. The van der Waals surface area contributed by atoms with Crippen molar-refractivity contribution in [1.82, 2.24) is 25.0 Å². The van der Waals surface area contributed by atoms with Crippen molar-refractivity contribution in [3.63, 3.8) is 0 Å². The Labute approximate surface area is 208 Å². The van der Waals surface area contributed by atoms with Crippen LogP contribution in [0.2, 0.25) is 0 Å². The number of hydrogen-bond acceptors (Lipinski definition) is 6. The zero-order valence-electron chi connectivity index (χ0n) is 21.6. The van der Waals surface area contributed by atoms with Crippen molar-refractivity contribution in [3.05, 3.63) is 23.5 Å². The lowest BCUT2D eigenvalue weighted by Crippen LogP contribution is -2.40. The zero-order valence-corrected chi connectivity index (χ0v) is 21.6. The molecule has 8 nitrogen and oxygen atoms in total. The summed E-state index contributed by atoms with van der Waals surface area (Å²) >= 11 is 0. The lowest BCUT2D eigenvalue weighted by molar-refractivity contribution is 0.0926. The van der Waals surface area contributed by atoms with Crippen LogP contribution in [-0.2, 0) is 0 Å². The topological polar surface area (TPSA) is 104 Å². The van der Waals surface area contributed by atoms with Gasteiger partial charge in [0.2, 0.25) is 5.82 Å². The number of aromatic hydroxyl groups is 2. The maximum Gasteiger partial charge on any atom is 0.289 e. The van der Waals surface area contributed by atoms with Crippen LogP contribution in [0, 0.1) is 0 Å². The van der Waals surface area contributed by atoms with Crippen LogP contribution in [-0.4, -0.2) is 61.0 Å². The first-order valence-corrected chi connectivity index (χ1v) is 13.4. The molecule has 1 aromatic carbocycles. The molecule has 3 N–H and O–H groups in total. The van der Waals surface area contributed by atoms with Gasteiger partial charge in [0.05, 0.1) is 5.56 Å². The molecular weight excluding hydrogens is 442 g/mol. The zero-order chi connectivity index (χ0) is 25.1. The number of nitrogens with zero attached hydrogens (tertiary/aromatic N) is 4. The Balaban J connectivity index is 1.67. The molecule has 1 aromatic heterocycles. The highest BCUT2D eigenvalue weighted by molar-refractivity contribution is 5.92. The van der Waals surface area contributed by atoms with Crippen LogP contribution in [0.5, 0.6) is 11.5 Å². The fourth-order valence-electron chi connectivity index (χ4n) is 5.42. The van der Waals surface area contributed by atoms with Crippen LogP contribution in [0.1, 0.15) is 107 Å². The van der Waals surface area contributed by atoms with E-state index in [1.54, 1.807) is 6.07 Å². The number of carbonyl (C=O) groups is 1. The van der Waals surface area contributed by atoms with Crippen molar-refractivity contribution in [3.8, 4) is 22.9 Å². The molecule has 0 spiro atoms. The maximum atomic E-state index is 13.1. The van der Waals surface area contributed by atoms with Crippen LogP contribution < -0.4 is 5.32 Å². The molecule has 0 atom stereocenters. The summed E-state index contributed by atoms with van der Waals surface area (Å²) in [7, 11) is 0. The van der Waals surface area contributed by atoms with Crippen molar-refractivity contribution in [2.24, 2.45) is 0 Å². The van der Waals surface area contributed by atoms with Crippen LogP contribution in [0.15, 0.2) is 12.1 Å². The third-order valence-electron chi connectivity index (χ3n) is 7.39. The number of hydrogen-bond donors (Lipinski definition) is 3. The summed E-state index contributed by atoms with van der Waals surface area (Å²) in [5.41, 5.74) is 1.24. The molecule has 2 aliphatic carbocycles. The van der Waals surface area contributed by atoms with E-state index in [-0.39, 0.29) is 35.4 Å². The SMILES string of the molecule is CCCN(CCC)C1CCC(n2c(C(=O)NC3CC3)nnc2-c2cc(C(C)C)c(O)cc2O)CC1. The number of nitrogens with one attached hydrogen (secondary N) is 1. The van der Waals surface area contributed by atoms with Gasteiger partial charge in [0.1, 0.15) is 11.5 Å². The summed E-state index contributed by atoms with van der Waals surface area (Å²) in [6, 6.07) is 4.02. The Kier molecular flexibility index (Phi) is 7.99. The Morgan fingerprint density at radius 3 is 2.26 bits per heavy atom. The van der Waals surface area contributed by atoms with Crippen molar-refractivity contribution >= 4 is 5.91 Å². The van der Waals surface area contributed by atoms with Crippen molar-refractivity contribution in [1.29, 1.82) is 0 Å². The maximum absolute atomic E-state index is 13.1. The molecule has 2 aromatic rings. The monoisotopic (exact) mass is 483 g/mol. The summed E-state index contributed by atoms with van der Waals surface area (Å²) in [5.74, 6) is 0.684. The lowest BCUT2D eigenvalue weighted by Gasteiger charge is -2.37. The quantitative estimate of drug-likeness (QED) is 0.440. The number of rotatable bonds is 10. The molecule has 8 heteroatoms. The molecule has 1 amide bonds. The van der Waals surface area contributed by atoms with Gasteiger partial charge in [0.15, 0.2) is 5.82 Å². The second kappa shape index (κ2) is 11.0. The largest absolute Gasteiger partial charge is 0.508 e. The molecule has 0 radical (unpaired) electrons. The molecule has 192 valence electrons. The second-order valence-electron chi connectivity index (χ2n) is 10.5. The number of aromatic nitrogens is 3. The van der Waals surface area contributed by atoms with E-state index in [2.05, 4.69) is 34.3 Å². The minimum absolute atomic E-state index is 0.0551. The summed E-state index contributed by atoms with van der Waals surface area (Å²) in [4.78, 5) is 15.7. The molecule has 0 bridgehead atoms. The van der Waals surface area contributed by atoms with E-state index < -0.39 is 0 Å². The smallest absolute Gasteiger partial charge is 0.289 e. The average molecular weight is 484 g/mol. The fraction of sp³-hybridized carbons (Fsp3) is 0.667. The molecule has 35 heavy (non-hydrogen) atoms. The van der Waals surface area contributed by atoms with Gasteiger partial charge in [-0.05, 0) is 82.0 Å². The number of benzene rings is 1. The third kappa shape index (κ3) is 5.63. The molecule has 2 saturated carbocycles. The van der Waals surface area contributed by atoms with Gasteiger partial charge in [-0.25, -0.2) is 0 Å². The van der Waals surface area contributed by atoms with Crippen molar-refractivity contribution in [2.75, 3.05) is 13.1 Å². The highest BCUT2D eigenvalue weighted by Crippen LogP contribution is 2.40. The Morgan fingerprint density at radius 1 is 1.03 bits per heavy atom. The number of amides is 1. The molecule has 0 saturated heterocycles. The number of carbonyl (C=O) groups excluding carboxylic acids is 1. The molecule has 2 aliphatic rings. The molecular formula is C27H41N5O3. The molecule has 4 rings (SSSR count). The van der Waals surface area contributed by atoms with Crippen LogP contribution in [0.25, 0.3) is 11.4 Å². The summed E-state index contributed by atoms with van der Waals surface area (Å²) < 4.78 is 1.95. The normalized spacial score (nSPS) is 20.5. The van der Waals surface area contributed by atoms with Crippen LogP contribution in [0.4, 0.5) is 0 Å². The van der Waals surface area contributed by atoms with Gasteiger partial charge in [-0.3, -0.25) is 9.36 Å². The highest BCUT2D eigenvalue weighted by atomic mass is 16.3. The molecule has 0 aliphatic heterocycles. The van der Waals surface area contributed by atoms with E-state index in [1.165, 1.54) is 6.07 Å². The van der Waals surface area contributed by atoms with Gasteiger partial charge in [-0.1, -0.05) is 27.7 Å². The minimum atomic E-state index is -0.200. The average Bonchev–Trinajstić information content (AvgIpc) is 3.53. The first-order valence-electron chi connectivity index (χ1n) is 13.4. The summed E-state index contributed by atoms with van der Waals surface area (Å²) in [5, 5.41) is 32.9. The Hall–Kier alpha value is -2.61. The van der Waals surface area contributed by atoms with Gasteiger partial charge in [0.25, 0.3) is 5.91 Å². The highest BCUT2D eigenvalue weighted by Gasteiger charge is 2.33. The standard InChI is InChI=1S/C27H41N5O3/c1-5-13-31(14-6-2)19-9-11-20(12-10-19)32-25(29-30-26(32)27(35)28-18-7-8-18)22-15-21(17(3)4)23(33)16-24(22)34/h15-20,33-34H,5-14H2,1-4H3,(H,28,35). The predicted octanol–water partition coefficient (Wildman–Crippen LogP) is 4.98. The van der Waals surface area contributed by atoms with E-state index in [0.29, 0.717) is 23.3 Å². The number of phenolic OH excluding ortho intramolecular Hbond substituents is 2. The van der Waals surface area contributed by atoms with E-state index in [4.69, 9.17) is 0 Å². The van der Waals surface area contributed by atoms with Crippen LogP contribution >= 0.6 is 0 Å². The van der Waals surface area contributed by atoms with Gasteiger partial charge < -0.3 is 20.4 Å². The third-order valence-corrected chi connectivity index (χ3v) is 7.39. The molecule has 1 heterocycles. The lowest BCUT2D eigenvalue weighted by atomic mass is 9.89. The van der Waals surface area contributed by atoms with Crippen molar-refractivity contribution in [2.45, 2.75) is 103 Å². The summed E-state index contributed by atoms with van der Waals surface area (Å²) in [6.45, 7) is 10.7. The van der Waals surface area contributed by atoms with Gasteiger partial charge in [-0.2, -0.15) is 0 Å². The molecule has 0 unspecified atom stereocenters. The van der Waals surface area contributed by atoms with E-state index in [1.807, 2.05) is 18.4 Å². The number of phenols is 2. The fourth-order valence-corrected chi connectivity index (χ4v) is 5.42. The van der Waals surface area contributed by atoms with Gasteiger partial charge >= 0.3 is 0 Å². The first kappa shape index (κ1) is 25.5. The van der Waals surface area contributed by atoms with E-state index >= 15 is 0 Å². The minimum Gasteiger partial charge on any atom is -0.508 e. The van der Waals surface area contributed by atoms with E-state index in [9.17, 15) is 15.0 Å². The second-order valence-corrected chi connectivity index (χ2v) is 10.5. The predicted molar refractivity (Wildman–Crippen MR) is 137 cm³/mol.